The first kappa shape index (κ1) is 18.5. The number of anilines is 2. The van der Waals surface area contributed by atoms with Crippen molar-refractivity contribution in [2.45, 2.75) is 0 Å². The highest BCUT2D eigenvalue weighted by Gasteiger charge is 2.13. The summed E-state index contributed by atoms with van der Waals surface area (Å²) < 4.78 is 11.6. The first-order valence-corrected chi connectivity index (χ1v) is 8.90. The van der Waals surface area contributed by atoms with Gasteiger partial charge in [-0.1, -0.05) is 34.5 Å². The summed E-state index contributed by atoms with van der Waals surface area (Å²) in [6.07, 6.45) is 0. The molecular weight excluding hydrogens is 399 g/mol. The summed E-state index contributed by atoms with van der Waals surface area (Å²) >= 11 is 13.2. The van der Waals surface area contributed by atoms with Crippen LogP contribution in [0.4, 0.5) is 10.8 Å². The third-order valence-electron chi connectivity index (χ3n) is 3.34. The first-order valence-electron chi connectivity index (χ1n) is 7.33. The van der Waals surface area contributed by atoms with E-state index in [1.807, 2.05) is 0 Å². The summed E-state index contributed by atoms with van der Waals surface area (Å²) in [6, 6.07) is 8.24. The Morgan fingerprint density at radius 2 is 2.08 bits per heavy atom. The monoisotopic (exact) mass is 412 g/mol. The summed E-state index contributed by atoms with van der Waals surface area (Å²) in [5.74, 6) is 5.94. The molecule has 0 saturated heterocycles. The van der Waals surface area contributed by atoms with Crippen LogP contribution in [0.3, 0.4) is 0 Å². The number of nitrogens with one attached hydrogen (secondary N) is 2. The van der Waals surface area contributed by atoms with E-state index < -0.39 is 0 Å². The van der Waals surface area contributed by atoms with Crippen molar-refractivity contribution in [3.05, 3.63) is 40.4 Å². The van der Waals surface area contributed by atoms with Gasteiger partial charge in [-0.2, -0.15) is 0 Å². The molecular formula is C16H14Cl2N4O3S. The summed E-state index contributed by atoms with van der Waals surface area (Å²) in [5, 5.41) is 4.12. The third kappa shape index (κ3) is 4.10. The number of fused-ring (bicyclic) bond motifs is 1. The van der Waals surface area contributed by atoms with Crippen molar-refractivity contribution in [1.82, 2.24) is 4.98 Å². The van der Waals surface area contributed by atoms with Gasteiger partial charge in [0.15, 0.2) is 11.7 Å². The molecule has 136 valence electrons. The predicted octanol–water partition coefficient (Wildman–Crippen LogP) is 3.91. The lowest BCUT2D eigenvalue weighted by Gasteiger charge is -2.10. The maximum atomic E-state index is 12.2. The minimum Gasteiger partial charge on any atom is -0.494 e. The lowest BCUT2D eigenvalue weighted by molar-refractivity contribution is -0.118. The summed E-state index contributed by atoms with van der Waals surface area (Å²) in [7, 11) is 1.53. The van der Waals surface area contributed by atoms with Crippen molar-refractivity contribution >= 4 is 61.5 Å². The van der Waals surface area contributed by atoms with E-state index in [4.69, 9.17) is 38.5 Å². The topological polar surface area (TPSA) is 98.5 Å². The van der Waals surface area contributed by atoms with Crippen LogP contribution in [0.15, 0.2) is 30.3 Å². The lowest BCUT2D eigenvalue weighted by atomic mass is 10.2. The van der Waals surface area contributed by atoms with Gasteiger partial charge < -0.3 is 14.8 Å². The number of nitrogen functional groups attached to an aromatic ring is 1. The number of hydrogen-bond acceptors (Lipinski definition) is 7. The van der Waals surface area contributed by atoms with E-state index in [2.05, 4.69) is 15.7 Å². The molecule has 0 aliphatic heterocycles. The number of hydrogen-bond donors (Lipinski definition) is 3. The molecule has 26 heavy (non-hydrogen) atoms. The number of hydrazine groups is 1. The number of aromatic nitrogens is 1. The second-order valence-corrected chi connectivity index (χ2v) is 6.97. The average molecular weight is 413 g/mol. The highest BCUT2D eigenvalue weighted by atomic mass is 35.5. The Labute approximate surface area is 163 Å². The Morgan fingerprint density at radius 3 is 2.77 bits per heavy atom. The zero-order valence-corrected chi connectivity index (χ0v) is 15.8. The van der Waals surface area contributed by atoms with Crippen molar-refractivity contribution in [2.24, 2.45) is 5.84 Å². The van der Waals surface area contributed by atoms with E-state index in [1.165, 1.54) is 18.4 Å². The number of ether oxygens (including phenoxy) is 2. The van der Waals surface area contributed by atoms with Crippen LogP contribution < -0.4 is 26.1 Å². The van der Waals surface area contributed by atoms with Crippen molar-refractivity contribution in [1.29, 1.82) is 0 Å². The van der Waals surface area contributed by atoms with E-state index in [0.717, 1.165) is 4.70 Å². The third-order valence-corrected chi connectivity index (χ3v) is 4.80. The summed E-state index contributed by atoms with van der Waals surface area (Å²) in [4.78, 5) is 16.5. The van der Waals surface area contributed by atoms with Crippen molar-refractivity contribution < 1.29 is 14.3 Å². The van der Waals surface area contributed by atoms with Gasteiger partial charge in [0, 0.05) is 16.8 Å². The maximum Gasteiger partial charge on any atom is 0.262 e. The molecule has 0 atom stereocenters. The molecule has 4 N–H and O–H groups in total. The van der Waals surface area contributed by atoms with Crippen molar-refractivity contribution in [2.75, 3.05) is 24.5 Å². The molecule has 0 unspecified atom stereocenters. The van der Waals surface area contributed by atoms with Crippen LogP contribution in [0.25, 0.3) is 10.2 Å². The number of carbonyl (C=O) groups excluding carboxylic acids is 1. The number of carbonyl (C=O) groups is 1. The minimum atomic E-state index is -0.348. The van der Waals surface area contributed by atoms with Crippen LogP contribution in [0.5, 0.6) is 11.5 Å². The molecule has 3 aromatic rings. The first-order chi connectivity index (χ1) is 12.5. The van der Waals surface area contributed by atoms with Crippen molar-refractivity contribution in [3.63, 3.8) is 0 Å². The quantitative estimate of drug-likeness (QED) is 0.419. The fourth-order valence-corrected chi connectivity index (χ4v) is 3.52. The highest BCUT2D eigenvalue weighted by Crippen LogP contribution is 2.35. The Kier molecular flexibility index (Phi) is 5.67. The number of amides is 1. The number of halogens is 2. The molecule has 0 aliphatic carbocycles. The van der Waals surface area contributed by atoms with Crippen LogP contribution in [0, 0.1) is 0 Å². The predicted molar refractivity (Wildman–Crippen MR) is 105 cm³/mol. The maximum absolute atomic E-state index is 12.2. The van der Waals surface area contributed by atoms with Crippen LogP contribution in [-0.4, -0.2) is 24.6 Å². The largest absolute Gasteiger partial charge is 0.494 e. The number of thiazole rings is 1. The van der Waals surface area contributed by atoms with E-state index in [9.17, 15) is 4.79 Å². The highest BCUT2D eigenvalue weighted by molar-refractivity contribution is 7.22. The molecule has 1 heterocycles. The Bertz CT molecular complexity index is 964. The van der Waals surface area contributed by atoms with E-state index in [0.29, 0.717) is 37.9 Å². The van der Waals surface area contributed by atoms with Gasteiger partial charge in [0.05, 0.1) is 16.8 Å². The smallest absolute Gasteiger partial charge is 0.262 e. The fraction of sp³-hybridized carbons (Fsp3) is 0.125. The van der Waals surface area contributed by atoms with E-state index >= 15 is 0 Å². The molecule has 1 aromatic heterocycles. The van der Waals surface area contributed by atoms with Gasteiger partial charge in [0.2, 0.25) is 0 Å². The standard InChI is InChI=1S/C16H14Cl2N4O3S/c1-24-12-5-9(6-13-15(12)21-16(22-19)26-13)20-14(23)7-25-11-3-2-8(17)4-10(11)18/h2-6H,7,19H2,1H3,(H,20,23)(H,21,22). The number of rotatable bonds is 6. The van der Waals surface area contributed by atoms with E-state index in [1.54, 1.807) is 30.3 Å². The second-order valence-electron chi connectivity index (χ2n) is 5.10. The fourth-order valence-electron chi connectivity index (χ4n) is 2.22. The van der Waals surface area contributed by atoms with Gasteiger partial charge >= 0.3 is 0 Å². The lowest BCUT2D eigenvalue weighted by Crippen LogP contribution is -2.20. The zero-order chi connectivity index (χ0) is 18.7. The molecule has 2 aromatic carbocycles. The minimum absolute atomic E-state index is 0.208. The molecule has 0 bridgehead atoms. The number of benzene rings is 2. The zero-order valence-electron chi connectivity index (χ0n) is 13.5. The molecule has 0 spiro atoms. The Balaban J connectivity index is 1.72. The molecule has 0 fully saturated rings. The molecule has 0 aliphatic rings. The van der Waals surface area contributed by atoms with Gasteiger partial charge in [0.25, 0.3) is 5.91 Å². The molecule has 3 rings (SSSR count). The average Bonchev–Trinajstić information content (AvgIpc) is 3.03. The summed E-state index contributed by atoms with van der Waals surface area (Å²) in [6.45, 7) is -0.208. The number of nitrogens with two attached hydrogens (primary N) is 1. The molecule has 0 saturated carbocycles. The van der Waals surface area contributed by atoms with Crippen LogP contribution in [0.1, 0.15) is 0 Å². The summed E-state index contributed by atoms with van der Waals surface area (Å²) in [5.41, 5.74) is 3.71. The van der Waals surface area contributed by atoms with Gasteiger partial charge in [0.1, 0.15) is 17.0 Å². The number of nitrogens with zero attached hydrogens (tertiary/aromatic N) is 1. The van der Waals surface area contributed by atoms with Crippen LogP contribution in [0.2, 0.25) is 10.0 Å². The molecule has 1 amide bonds. The molecule has 7 nitrogen and oxygen atoms in total. The molecule has 0 radical (unpaired) electrons. The van der Waals surface area contributed by atoms with Crippen LogP contribution >= 0.6 is 34.5 Å². The second kappa shape index (κ2) is 7.96. The van der Waals surface area contributed by atoms with Gasteiger partial charge in [-0.05, 0) is 24.3 Å². The SMILES string of the molecule is COc1cc(NC(=O)COc2ccc(Cl)cc2Cl)cc2sc(NN)nc12. The van der Waals surface area contributed by atoms with E-state index in [-0.39, 0.29) is 12.5 Å². The van der Waals surface area contributed by atoms with Crippen molar-refractivity contribution in [3.8, 4) is 11.5 Å². The number of methoxy groups -OCH3 is 1. The van der Waals surface area contributed by atoms with Gasteiger partial charge in [-0.3, -0.25) is 10.2 Å². The Hall–Kier alpha value is -2.26. The Morgan fingerprint density at radius 1 is 1.27 bits per heavy atom. The van der Waals surface area contributed by atoms with Gasteiger partial charge in [-0.15, -0.1) is 0 Å². The van der Waals surface area contributed by atoms with Gasteiger partial charge in [-0.25, -0.2) is 10.8 Å². The molecule has 10 heteroatoms. The normalized spacial score (nSPS) is 10.6. The van der Waals surface area contributed by atoms with Crippen LogP contribution in [-0.2, 0) is 4.79 Å².